The molecule has 1 rings (SSSR count). The minimum absolute atomic E-state index is 0.269. The van der Waals surface area contributed by atoms with E-state index in [9.17, 15) is 4.79 Å². The third kappa shape index (κ3) is 2.33. The third-order valence-corrected chi connectivity index (χ3v) is 2.93. The van der Waals surface area contributed by atoms with Gasteiger partial charge in [0.2, 0.25) is 0 Å². The second-order valence-electron chi connectivity index (χ2n) is 3.73. The number of ether oxygens (including phenoxy) is 1. The molecule has 1 aliphatic rings. The summed E-state index contributed by atoms with van der Waals surface area (Å²) in [5, 5.41) is 0. The standard InChI is InChI=1S/C11H18O2/c1-8(9(2)13-3)11(12)10-6-4-5-7-10/h10H,4-7H2,1-3H3/b9-8-. The number of ketones is 1. The van der Waals surface area contributed by atoms with Crippen LogP contribution >= 0.6 is 0 Å². The predicted octanol–water partition coefficient (Wildman–Crippen LogP) is 2.69. The zero-order valence-electron chi connectivity index (χ0n) is 8.72. The van der Waals surface area contributed by atoms with Crippen LogP contribution in [0.15, 0.2) is 11.3 Å². The van der Waals surface area contributed by atoms with Gasteiger partial charge in [0.05, 0.1) is 12.9 Å². The number of allylic oxidation sites excluding steroid dienone is 2. The molecule has 0 aromatic heterocycles. The van der Waals surface area contributed by atoms with Crippen LogP contribution < -0.4 is 0 Å². The average molecular weight is 182 g/mol. The molecule has 1 fully saturated rings. The van der Waals surface area contributed by atoms with E-state index < -0.39 is 0 Å². The van der Waals surface area contributed by atoms with E-state index >= 15 is 0 Å². The van der Waals surface area contributed by atoms with Crippen molar-refractivity contribution < 1.29 is 9.53 Å². The summed E-state index contributed by atoms with van der Waals surface area (Å²) in [6.45, 7) is 3.71. The van der Waals surface area contributed by atoms with E-state index in [-0.39, 0.29) is 11.7 Å². The van der Waals surface area contributed by atoms with Crippen LogP contribution in [-0.4, -0.2) is 12.9 Å². The molecule has 0 unspecified atom stereocenters. The van der Waals surface area contributed by atoms with Gasteiger partial charge in [0, 0.05) is 11.5 Å². The van der Waals surface area contributed by atoms with Gasteiger partial charge in [-0.3, -0.25) is 4.79 Å². The first-order valence-corrected chi connectivity index (χ1v) is 4.92. The lowest BCUT2D eigenvalue weighted by Crippen LogP contribution is -2.13. The number of rotatable bonds is 3. The first-order valence-electron chi connectivity index (χ1n) is 4.92. The lowest BCUT2D eigenvalue weighted by atomic mass is 9.96. The van der Waals surface area contributed by atoms with Crippen LogP contribution in [0.3, 0.4) is 0 Å². The van der Waals surface area contributed by atoms with Crippen molar-refractivity contribution in [3.05, 3.63) is 11.3 Å². The van der Waals surface area contributed by atoms with Gasteiger partial charge in [-0.1, -0.05) is 12.8 Å². The molecule has 74 valence electrons. The molecule has 0 aliphatic heterocycles. The molecule has 0 N–H and O–H groups in total. The molecule has 0 spiro atoms. The van der Waals surface area contributed by atoms with Crippen molar-refractivity contribution in [3.63, 3.8) is 0 Å². The molecule has 0 amide bonds. The van der Waals surface area contributed by atoms with Gasteiger partial charge in [-0.15, -0.1) is 0 Å². The SMILES string of the molecule is CO/C(C)=C(/C)C(=O)C1CCCC1. The highest BCUT2D eigenvalue weighted by molar-refractivity contribution is 5.97. The van der Waals surface area contributed by atoms with E-state index in [0.717, 1.165) is 24.2 Å². The van der Waals surface area contributed by atoms with E-state index in [4.69, 9.17) is 4.74 Å². The topological polar surface area (TPSA) is 26.3 Å². The Bertz CT molecular complexity index is 222. The molecular weight excluding hydrogens is 164 g/mol. The largest absolute Gasteiger partial charge is 0.501 e. The summed E-state index contributed by atoms with van der Waals surface area (Å²) in [6, 6.07) is 0. The highest BCUT2D eigenvalue weighted by Gasteiger charge is 2.24. The van der Waals surface area contributed by atoms with Crippen molar-refractivity contribution in [1.82, 2.24) is 0 Å². The fourth-order valence-electron chi connectivity index (χ4n) is 1.82. The summed E-state index contributed by atoms with van der Waals surface area (Å²) in [7, 11) is 1.61. The van der Waals surface area contributed by atoms with Crippen molar-refractivity contribution in [3.8, 4) is 0 Å². The Morgan fingerprint density at radius 2 is 1.77 bits per heavy atom. The second-order valence-corrected chi connectivity index (χ2v) is 3.73. The van der Waals surface area contributed by atoms with E-state index in [1.54, 1.807) is 7.11 Å². The molecule has 1 saturated carbocycles. The molecular formula is C11H18O2. The number of methoxy groups -OCH3 is 1. The highest BCUT2D eigenvalue weighted by Crippen LogP contribution is 2.28. The molecule has 0 bridgehead atoms. The lowest BCUT2D eigenvalue weighted by molar-refractivity contribution is -0.119. The molecule has 2 nitrogen and oxygen atoms in total. The summed E-state index contributed by atoms with van der Waals surface area (Å²) in [5.41, 5.74) is 0.800. The molecule has 0 radical (unpaired) electrons. The Morgan fingerprint density at radius 1 is 1.23 bits per heavy atom. The molecule has 2 heteroatoms. The number of hydrogen-bond donors (Lipinski definition) is 0. The van der Waals surface area contributed by atoms with Crippen LogP contribution in [0.5, 0.6) is 0 Å². The number of hydrogen-bond acceptors (Lipinski definition) is 2. The molecule has 0 saturated heterocycles. The molecule has 0 aromatic carbocycles. The highest BCUT2D eigenvalue weighted by atomic mass is 16.5. The third-order valence-electron chi connectivity index (χ3n) is 2.93. The smallest absolute Gasteiger partial charge is 0.164 e. The van der Waals surface area contributed by atoms with Gasteiger partial charge in [-0.25, -0.2) is 0 Å². The minimum atomic E-state index is 0.269. The van der Waals surface area contributed by atoms with Gasteiger partial charge < -0.3 is 4.74 Å². The van der Waals surface area contributed by atoms with Crippen LogP contribution in [0.25, 0.3) is 0 Å². The Morgan fingerprint density at radius 3 is 2.23 bits per heavy atom. The molecule has 13 heavy (non-hydrogen) atoms. The Hall–Kier alpha value is -0.790. The Kier molecular flexibility index (Phi) is 3.52. The van der Waals surface area contributed by atoms with Crippen molar-refractivity contribution in [2.75, 3.05) is 7.11 Å². The maximum absolute atomic E-state index is 11.8. The van der Waals surface area contributed by atoms with Gasteiger partial charge in [0.25, 0.3) is 0 Å². The van der Waals surface area contributed by atoms with Crippen molar-refractivity contribution in [2.45, 2.75) is 39.5 Å². The zero-order chi connectivity index (χ0) is 9.84. The van der Waals surface area contributed by atoms with Crippen molar-refractivity contribution >= 4 is 5.78 Å². The normalized spacial score (nSPS) is 19.9. The average Bonchev–Trinajstić information content (AvgIpc) is 2.67. The quantitative estimate of drug-likeness (QED) is 0.495. The molecule has 0 atom stereocenters. The molecule has 0 heterocycles. The second kappa shape index (κ2) is 4.45. The minimum Gasteiger partial charge on any atom is -0.501 e. The lowest BCUT2D eigenvalue weighted by Gasteiger charge is -2.10. The van der Waals surface area contributed by atoms with Gasteiger partial charge in [0.1, 0.15) is 0 Å². The first kappa shape index (κ1) is 10.3. The molecule has 1 aliphatic carbocycles. The fourth-order valence-corrected chi connectivity index (χ4v) is 1.82. The summed E-state index contributed by atoms with van der Waals surface area (Å²) >= 11 is 0. The summed E-state index contributed by atoms with van der Waals surface area (Å²) in [5.74, 6) is 1.32. The van der Waals surface area contributed by atoms with E-state index in [2.05, 4.69) is 0 Å². The Balaban J connectivity index is 2.66. The molecule has 0 aromatic rings. The van der Waals surface area contributed by atoms with E-state index in [1.807, 2.05) is 13.8 Å². The van der Waals surface area contributed by atoms with Crippen LogP contribution in [-0.2, 0) is 9.53 Å². The Labute approximate surface area is 80.0 Å². The number of Topliss-reactive ketones (excluding diaryl/α,β-unsaturated/α-hetero) is 1. The maximum atomic E-state index is 11.8. The maximum Gasteiger partial charge on any atom is 0.164 e. The van der Waals surface area contributed by atoms with Gasteiger partial charge in [-0.2, -0.15) is 0 Å². The van der Waals surface area contributed by atoms with Crippen LogP contribution in [0.1, 0.15) is 39.5 Å². The van der Waals surface area contributed by atoms with Crippen molar-refractivity contribution in [1.29, 1.82) is 0 Å². The first-order chi connectivity index (χ1) is 6.16. The predicted molar refractivity (Wildman–Crippen MR) is 52.3 cm³/mol. The number of carbonyl (C=O) groups excluding carboxylic acids is 1. The monoisotopic (exact) mass is 182 g/mol. The van der Waals surface area contributed by atoms with Crippen molar-refractivity contribution in [2.24, 2.45) is 5.92 Å². The fraction of sp³-hybridized carbons (Fsp3) is 0.727. The number of carbonyl (C=O) groups is 1. The van der Waals surface area contributed by atoms with Crippen LogP contribution in [0, 0.1) is 5.92 Å². The summed E-state index contributed by atoms with van der Waals surface area (Å²) in [6.07, 6.45) is 4.53. The van der Waals surface area contributed by atoms with E-state index in [0.29, 0.717) is 0 Å². The summed E-state index contributed by atoms with van der Waals surface area (Å²) < 4.78 is 5.05. The van der Waals surface area contributed by atoms with Gasteiger partial charge >= 0.3 is 0 Å². The van der Waals surface area contributed by atoms with E-state index in [1.165, 1.54) is 12.8 Å². The van der Waals surface area contributed by atoms with Gasteiger partial charge in [0.15, 0.2) is 5.78 Å². The van der Waals surface area contributed by atoms with Crippen LogP contribution in [0.4, 0.5) is 0 Å². The van der Waals surface area contributed by atoms with Crippen LogP contribution in [0.2, 0.25) is 0 Å². The van der Waals surface area contributed by atoms with Gasteiger partial charge in [-0.05, 0) is 26.7 Å². The summed E-state index contributed by atoms with van der Waals surface area (Å²) in [4.78, 5) is 11.8. The zero-order valence-corrected chi connectivity index (χ0v) is 8.72.